The van der Waals surface area contributed by atoms with Crippen molar-refractivity contribution in [2.45, 2.75) is 6.92 Å². The molecule has 3 heterocycles. The summed E-state index contributed by atoms with van der Waals surface area (Å²) in [7, 11) is -2.34. The number of fused-ring (bicyclic) bond motifs is 3. The molecule has 0 saturated carbocycles. The summed E-state index contributed by atoms with van der Waals surface area (Å²) in [5.41, 5.74) is 2.58. The number of rotatable bonds is 11. The predicted octanol–water partition coefficient (Wildman–Crippen LogP) is 10.6. The highest BCUT2D eigenvalue weighted by Crippen LogP contribution is 2.54. The average molecular weight is 973 g/mol. The lowest BCUT2D eigenvalue weighted by atomic mass is 10.1. The van der Waals surface area contributed by atoms with Gasteiger partial charge in [0.15, 0.2) is 0 Å². The van der Waals surface area contributed by atoms with Crippen LogP contribution in [-0.2, 0) is 0 Å². The molecular weight excluding hydrogens is 934 g/mol. The Morgan fingerprint density at radius 3 is 0.986 bits per heavy atom. The first-order valence-corrected chi connectivity index (χ1v) is 25.1. The Morgan fingerprint density at radius 1 is 0.288 bits per heavy atom. The van der Waals surface area contributed by atoms with E-state index < -0.39 is 42.7 Å². The van der Waals surface area contributed by atoms with Crippen LogP contribution in [0.5, 0.6) is 23.0 Å². The number of anilines is 3. The maximum atomic E-state index is 14.1. The van der Waals surface area contributed by atoms with Gasteiger partial charge in [-0.25, -0.2) is 14.7 Å². The van der Waals surface area contributed by atoms with E-state index >= 15 is 0 Å². The van der Waals surface area contributed by atoms with Crippen LogP contribution in [0.4, 0.5) is 17.1 Å². The van der Waals surface area contributed by atoms with Gasteiger partial charge in [-0.2, -0.15) is 0 Å². The number of carbonyl (C=O) groups excluding carboxylic acids is 6. The van der Waals surface area contributed by atoms with Gasteiger partial charge in [-0.3, -0.25) is 28.8 Å². The number of amides is 6. The Labute approximate surface area is 419 Å². The molecule has 0 aromatic heterocycles. The van der Waals surface area contributed by atoms with Crippen LogP contribution in [0.2, 0.25) is 0 Å². The summed E-state index contributed by atoms with van der Waals surface area (Å²) in [5.74, 6) is -1.98. The second-order valence-electron chi connectivity index (χ2n) is 17.7. The number of aryl methyl sites for hydroxylation is 1. The van der Waals surface area contributed by atoms with E-state index in [0.29, 0.717) is 17.2 Å². The minimum absolute atomic E-state index is 0.0680. The quantitative estimate of drug-likeness (QED) is 0.0925. The first kappa shape index (κ1) is 44.6. The second kappa shape index (κ2) is 17.7. The van der Waals surface area contributed by atoms with E-state index in [1.807, 2.05) is 43.3 Å². The molecule has 0 unspecified atom stereocenters. The molecule has 12 rings (SSSR count). The van der Waals surface area contributed by atoms with Crippen LogP contribution < -0.4 is 45.4 Å². The van der Waals surface area contributed by atoms with Crippen molar-refractivity contribution in [2.24, 2.45) is 0 Å². The maximum Gasteiger partial charge on any atom is 0.266 e. The second-order valence-corrected chi connectivity index (χ2v) is 21.1. The normalized spacial score (nSPS) is 13.9. The fourth-order valence-corrected chi connectivity index (χ4v) is 14.2. The molecule has 0 spiro atoms. The van der Waals surface area contributed by atoms with Gasteiger partial charge in [0.25, 0.3) is 35.4 Å². The van der Waals surface area contributed by atoms with Crippen molar-refractivity contribution in [1.82, 2.24) is 0 Å². The van der Waals surface area contributed by atoms with E-state index in [0.717, 1.165) is 25.6 Å². The summed E-state index contributed by atoms with van der Waals surface area (Å²) in [6, 6.07) is 66.6. The van der Waals surface area contributed by atoms with Crippen LogP contribution in [0.15, 0.2) is 218 Å². The lowest BCUT2D eigenvalue weighted by Gasteiger charge is -2.27. The summed E-state index contributed by atoms with van der Waals surface area (Å²) in [6.07, 6.45) is 0. The number of nitrogens with zero attached hydrogens (tertiary/aromatic N) is 3. The van der Waals surface area contributed by atoms with Crippen molar-refractivity contribution in [2.75, 3.05) is 14.7 Å². The molecule has 3 aliphatic rings. The van der Waals surface area contributed by atoms with E-state index in [9.17, 15) is 28.8 Å². The number of ether oxygens (including phenoxy) is 2. The Bertz CT molecular complexity index is 3690. The molecule has 73 heavy (non-hydrogen) atoms. The number of imide groups is 3. The molecule has 0 fully saturated rings. The molecule has 0 bridgehead atoms. The monoisotopic (exact) mass is 972 g/mol. The van der Waals surface area contributed by atoms with Gasteiger partial charge in [0.1, 0.15) is 51.5 Å². The Balaban J connectivity index is 0.768. The molecule has 3 aliphatic heterocycles. The molecule has 11 nitrogen and oxygen atoms in total. The van der Waals surface area contributed by atoms with E-state index in [4.69, 9.17) is 9.47 Å². The average Bonchev–Trinajstić information content (AvgIpc) is 3.93. The van der Waals surface area contributed by atoms with Crippen LogP contribution in [0, 0.1) is 6.92 Å². The van der Waals surface area contributed by atoms with E-state index in [-0.39, 0.29) is 56.3 Å². The molecular formula is C61H39N3O8P+. The molecule has 0 atom stereocenters. The number of benzene rings is 9. The van der Waals surface area contributed by atoms with Gasteiger partial charge in [-0.05, 0) is 158 Å². The predicted molar refractivity (Wildman–Crippen MR) is 282 cm³/mol. The summed E-state index contributed by atoms with van der Waals surface area (Å²) in [6.45, 7) is 1.87. The van der Waals surface area contributed by atoms with Crippen LogP contribution in [0.25, 0.3) is 0 Å². The van der Waals surface area contributed by atoms with Gasteiger partial charge in [0.2, 0.25) is 0 Å². The third kappa shape index (κ3) is 7.41. The number of carbonyl (C=O) groups is 6. The minimum atomic E-state index is -2.34. The standard InChI is InChI=1S/C61H39N3O8P/c1-38-13-11-14-39(33-38)62-56(65)50-31-26-44(36-54(50)59(62)68)72-45-27-32-52-55(37-45)61(70)64(58(52)67)41-16-12-15-40(34-41)63-57(66)51-30-25-43(35-53(51)60(63)69)71-42-23-28-49(29-24-42)73(46-17-5-2-6-18-46,47-19-7-3-8-20-47)48-21-9-4-10-22-48/h2-37H,1H3/q+1. The van der Waals surface area contributed by atoms with Crippen LogP contribution in [0.1, 0.15) is 67.7 Å². The largest absolute Gasteiger partial charge is 0.457 e. The fourth-order valence-electron chi connectivity index (χ4n) is 9.95. The van der Waals surface area contributed by atoms with E-state index in [1.54, 1.807) is 60.7 Å². The van der Waals surface area contributed by atoms with Crippen molar-refractivity contribution in [3.8, 4) is 23.0 Å². The third-order valence-corrected chi connectivity index (χ3v) is 17.6. The Morgan fingerprint density at radius 2 is 0.603 bits per heavy atom. The van der Waals surface area contributed by atoms with Crippen LogP contribution >= 0.6 is 7.26 Å². The molecule has 0 N–H and O–H groups in total. The van der Waals surface area contributed by atoms with Crippen molar-refractivity contribution >= 4 is 81.0 Å². The maximum absolute atomic E-state index is 14.1. The topological polar surface area (TPSA) is 131 Å². The van der Waals surface area contributed by atoms with Crippen molar-refractivity contribution in [3.05, 3.63) is 257 Å². The van der Waals surface area contributed by atoms with E-state index in [2.05, 4.69) is 84.9 Å². The molecule has 0 aliphatic carbocycles. The lowest BCUT2D eigenvalue weighted by Crippen LogP contribution is -2.38. The van der Waals surface area contributed by atoms with Crippen molar-refractivity contribution in [1.29, 1.82) is 0 Å². The molecule has 12 heteroatoms. The molecule has 0 radical (unpaired) electrons. The smallest absolute Gasteiger partial charge is 0.266 e. The summed E-state index contributed by atoms with van der Waals surface area (Å²) < 4.78 is 12.4. The van der Waals surface area contributed by atoms with Gasteiger partial charge in [0.05, 0.1) is 50.4 Å². The molecule has 9 aromatic carbocycles. The SMILES string of the molecule is Cc1cccc(N2C(=O)c3ccc(Oc4ccc5c(c4)C(=O)N(c4cccc(N6C(=O)c7ccc(Oc8ccc([P+](c9ccccc9)(c9ccccc9)c9ccccc9)cc8)cc7C6=O)c4)C5=O)cc3C2=O)c1. The van der Waals surface area contributed by atoms with E-state index in [1.165, 1.54) is 52.3 Å². The molecule has 6 amide bonds. The highest BCUT2D eigenvalue weighted by atomic mass is 31.2. The summed E-state index contributed by atoms with van der Waals surface area (Å²) in [4.78, 5) is 85.8. The van der Waals surface area contributed by atoms with Crippen LogP contribution in [0.3, 0.4) is 0 Å². The number of hydrogen-bond donors (Lipinski definition) is 0. The highest BCUT2D eigenvalue weighted by Gasteiger charge is 2.48. The number of hydrogen-bond acceptors (Lipinski definition) is 8. The first-order chi connectivity index (χ1) is 35.6. The van der Waals surface area contributed by atoms with Gasteiger partial charge in [-0.1, -0.05) is 72.8 Å². The molecule has 0 saturated heterocycles. The molecule has 9 aromatic rings. The van der Waals surface area contributed by atoms with Crippen LogP contribution in [-0.4, -0.2) is 35.4 Å². The Kier molecular flexibility index (Phi) is 10.8. The zero-order valence-corrected chi connectivity index (χ0v) is 39.7. The molecule has 350 valence electrons. The fraction of sp³-hybridized carbons (Fsp3) is 0.0164. The van der Waals surface area contributed by atoms with Gasteiger partial charge in [-0.15, -0.1) is 0 Å². The van der Waals surface area contributed by atoms with Gasteiger partial charge < -0.3 is 9.47 Å². The summed E-state index contributed by atoms with van der Waals surface area (Å²) >= 11 is 0. The summed E-state index contributed by atoms with van der Waals surface area (Å²) in [5, 5.41) is 4.76. The third-order valence-electron chi connectivity index (χ3n) is 13.3. The minimum Gasteiger partial charge on any atom is -0.457 e. The van der Waals surface area contributed by atoms with Gasteiger partial charge in [0, 0.05) is 0 Å². The highest BCUT2D eigenvalue weighted by molar-refractivity contribution is 8.01. The zero-order valence-electron chi connectivity index (χ0n) is 38.8. The zero-order chi connectivity index (χ0) is 50.0. The Hall–Kier alpha value is -9.57. The first-order valence-electron chi connectivity index (χ1n) is 23.4. The van der Waals surface area contributed by atoms with Crippen molar-refractivity contribution < 1.29 is 38.2 Å². The lowest BCUT2D eigenvalue weighted by molar-refractivity contribution is 0.0909. The van der Waals surface area contributed by atoms with Gasteiger partial charge >= 0.3 is 0 Å². The van der Waals surface area contributed by atoms with Crippen molar-refractivity contribution in [3.63, 3.8) is 0 Å².